The van der Waals surface area contributed by atoms with Crippen LogP contribution in [0.15, 0.2) is 36.7 Å². The second-order valence-electron chi connectivity index (χ2n) is 5.50. The molecule has 0 aliphatic rings. The zero-order valence-corrected chi connectivity index (χ0v) is 14.1. The van der Waals surface area contributed by atoms with Gasteiger partial charge in [0.15, 0.2) is 0 Å². The molecule has 0 fully saturated rings. The van der Waals surface area contributed by atoms with Crippen molar-refractivity contribution in [1.82, 2.24) is 4.98 Å². The lowest BCUT2D eigenvalue weighted by atomic mass is 10.0. The average Bonchev–Trinajstić information content (AvgIpc) is 2.60. The van der Waals surface area contributed by atoms with Crippen LogP contribution in [0.3, 0.4) is 0 Å². The van der Waals surface area contributed by atoms with E-state index in [2.05, 4.69) is 48.5 Å². The lowest BCUT2D eigenvalue weighted by Crippen LogP contribution is -2.15. The molecule has 4 nitrogen and oxygen atoms in total. The van der Waals surface area contributed by atoms with Gasteiger partial charge in [-0.15, -0.1) is 0 Å². The lowest BCUT2D eigenvalue weighted by molar-refractivity contribution is 0.102. The van der Waals surface area contributed by atoms with Crippen molar-refractivity contribution in [2.75, 3.05) is 17.2 Å². The molecule has 0 aliphatic carbocycles. The number of aromatic nitrogens is 1. The monoisotopic (exact) mass is 311 g/mol. The van der Waals surface area contributed by atoms with Gasteiger partial charge in [0.05, 0.1) is 11.3 Å². The quantitative estimate of drug-likeness (QED) is 0.802. The van der Waals surface area contributed by atoms with E-state index in [0.717, 1.165) is 48.3 Å². The molecule has 0 unspecified atom stereocenters. The van der Waals surface area contributed by atoms with Gasteiger partial charge in [-0.1, -0.05) is 39.0 Å². The summed E-state index contributed by atoms with van der Waals surface area (Å²) >= 11 is 0. The summed E-state index contributed by atoms with van der Waals surface area (Å²) in [4.78, 5) is 16.8. The number of amides is 1. The predicted octanol–water partition coefficient (Wildman–Crippen LogP) is 4.28. The Kier molecular flexibility index (Phi) is 6.15. The molecule has 0 aliphatic heterocycles. The molecule has 2 aromatic rings. The third-order valence-electron chi connectivity index (χ3n) is 3.82. The minimum Gasteiger partial charge on any atom is -0.384 e. The molecule has 1 heterocycles. The molecule has 0 saturated carbocycles. The first-order valence-corrected chi connectivity index (χ1v) is 8.30. The zero-order valence-electron chi connectivity index (χ0n) is 14.1. The Morgan fingerprint density at radius 3 is 2.39 bits per heavy atom. The normalized spacial score (nSPS) is 10.4. The van der Waals surface area contributed by atoms with Gasteiger partial charge in [-0.25, -0.2) is 0 Å². The number of aryl methyl sites for hydroxylation is 2. The molecule has 122 valence electrons. The van der Waals surface area contributed by atoms with Crippen molar-refractivity contribution in [1.29, 1.82) is 0 Å². The molecule has 0 bridgehead atoms. The lowest BCUT2D eigenvalue weighted by Gasteiger charge is -2.14. The molecule has 0 atom stereocenters. The van der Waals surface area contributed by atoms with Crippen LogP contribution in [0.4, 0.5) is 11.4 Å². The summed E-state index contributed by atoms with van der Waals surface area (Å²) in [6, 6.07) is 8.01. The molecule has 1 aromatic heterocycles. The average molecular weight is 311 g/mol. The second-order valence-corrected chi connectivity index (χ2v) is 5.50. The van der Waals surface area contributed by atoms with Crippen molar-refractivity contribution in [2.24, 2.45) is 0 Å². The topological polar surface area (TPSA) is 54.0 Å². The number of hydrogen-bond acceptors (Lipinski definition) is 3. The fraction of sp³-hybridized carbons (Fsp3) is 0.368. The Hall–Kier alpha value is -2.36. The summed E-state index contributed by atoms with van der Waals surface area (Å²) in [6.45, 7) is 7.17. The van der Waals surface area contributed by atoms with Crippen LogP contribution < -0.4 is 10.6 Å². The number of anilines is 2. The van der Waals surface area contributed by atoms with Crippen LogP contribution in [-0.2, 0) is 12.8 Å². The summed E-state index contributed by atoms with van der Waals surface area (Å²) in [5.74, 6) is -0.117. The standard InChI is InChI=1S/C19H25N3O/c1-4-10-21-17-11-16(12-20-13-17)19(23)22-18-14(5-2)8-7-9-15(18)6-3/h7-9,11-13,21H,4-6,10H2,1-3H3,(H,22,23). The van der Waals surface area contributed by atoms with Crippen molar-refractivity contribution in [2.45, 2.75) is 40.0 Å². The first-order valence-electron chi connectivity index (χ1n) is 8.30. The van der Waals surface area contributed by atoms with Crippen LogP contribution in [0.5, 0.6) is 0 Å². The fourth-order valence-electron chi connectivity index (χ4n) is 2.52. The van der Waals surface area contributed by atoms with Crippen molar-refractivity contribution >= 4 is 17.3 Å². The maximum Gasteiger partial charge on any atom is 0.257 e. The number of nitrogens with zero attached hydrogens (tertiary/aromatic N) is 1. The SMILES string of the molecule is CCCNc1cncc(C(=O)Nc2c(CC)cccc2CC)c1. The summed E-state index contributed by atoms with van der Waals surface area (Å²) in [6.07, 6.45) is 6.15. The Morgan fingerprint density at radius 1 is 1.09 bits per heavy atom. The largest absolute Gasteiger partial charge is 0.384 e. The third-order valence-corrected chi connectivity index (χ3v) is 3.82. The van der Waals surface area contributed by atoms with Crippen LogP contribution >= 0.6 is 0 Å². The highest BCUT2D eigenvalue weighted by atomic mass is 16.1. The summed E-state index contributed by atoms with van der Waals surface area (Å²) in [7, 11) is 0. The zero-order chi connectivity index (χ0) is 16.7. The van der Waals surface area contributed by atoms with Crippen molar-refractivity contribution in [3.8, 4) is 0 Å². The van der Waals surface area contributed by atoms with Gasteiger partial charge in [0.2, 0.25) is 0 Å². The molecular formula is C19H25N3O. The molecule has 0 radical (unpaired) electrons. The van der Waals surface area contributed by atoms with E-state index in [1.807, 2.05) is 12.1 Å². The van der Waals surface area contributed by atoms with E-state index in [1.165, 1.54) is 0 Å². The van der Waals surface area contributed by atoms with Gasteiger partial charge in [0.1, 0.15) is 0 Å². The van der Waals surface area contributed by atoms with Crippen LogP contribution in [0.2, 0.25) is 0 Å². The highest BCUT2D eigenvalue weighted by molar-refractivity contribution is 6.05. The smallest absolute Gasteiger partial charge is 0.257 e. The van der Waals surface area contributed by atoms with Crippen molar-refractivity contribution in [3.05, 3.63) is 53.3 Å². The Labute approximate surface area is 138 Å². The second kappa shape index (κ2) is 8.32. The third kappa shape index (κ3) is 4.31. The predicted molar refractivity (Wildman–Crippen MR) is 96.2 cm³/mol. The Morgan fingerprint density at radius 2 is 1.78 bits per heavy atom. The van der Waals surface area contributed by atoms with E-state index < -0.39 is 0 Å². The number of hydrogen-bond donors (Lipinski definition) is 2. The molecular weight excluding hydrogens is 286 g/mol. The molecule has 2 rings (SSSR count). The number of carbonyl (C=O) groups is 1. The van der Waals surface area contributed by atoms with Gasteiger partial charge in [-0.05, 0) is 36.5 Å². The van der Waals surface area contributed by atoms with E-state index in [-0.39, 0.29) is 5.91 Å². The van der Waals surface area contributed by atoms with Crippen molar-refractivity contribution in [3.63, 3.8) is 0 Å². The minimum atomic E-state index is -0.117. The molecule has 1 aromatic carbocycles. The maximum atomic E-state index is 12.6. The number of pyridine rings is 1. The number of nitrogens with one attached hydrogen (secondary N) is 2. The Balaban J connectivity index is 2.22. The van der Waals surface area contributed by atoms with E-state index >= 15 is 0 Å². The first kappa shape index (κ1) is 17.0. The van der Waals surface area contributed by atoms with Gasteiger partial charge < -0.3 is 10.6 Å². The van der Waals surface area contributed by atoms with Crippen LogP contribution in [-0.4, -0.2) is 17.4 Å². The molecule has 0 saturated heterocycles. The van der Waals surface area contributed by atoms with E-state index in [1.54, 1.807) is 12.4 Å². The van der Waals surface area contributed by atoms with E-state index in [4.69, 9.17) is 0 Å². The van der Waals surface area contributed by atoms with Gasteiger partial charge in [0.25, 0.3) is 5.91 Å². The minimum absolute atomic E-state index is 0.117. The number of rotatable bonds is 7. The molecule has 0 spiro atoms. The number of benzene rings is 1. The maximum absolute atomic E-state index is 12.6. The van der Waals surface area contributed by atoms with Crippen LogP contribution in [0.25, 0.3) is 0 Å². The van der Waals surface area contributed by atoms with Crippen LogP contribution in [0, 0.1) is 0 Å². The Bertz CT molecular complexity index is 645. The van der Waals surface area contributed by atoms with E-state index in [9.17, 15) is 4.79 Å². The van der Waals surface area contributed by atoms with Gasteiger partial charge >= 0.3 is 0 Å². The van der Waals surface area contributed by atoms with Gasteiger partial charge in [-0.3, -0.25) is 9.78 Å². The molecule has 1 amide bonds. The number of carbonyl (C=O) groups excluding carboxylic acids is 1. The molecule has 23 heavy (non-hydrogen) atoms. The molecule has 2 N–H and O–H groups in total. The first-order chi connectivity index (χ1) is 11.2. The summed E-state index contributed by atoms with van der Waals surface area (Å²) < 4.78 is 0. The van der Waals surface area contributed by atoms with Crippen molar-refractivity contribution < 1.29 is 4.79 Å². The highest BCUT2D eigenvalue weighted by Gasteiger charge is 2.12. The highest BCUT2D eigenvalue weighted by Crippen LogP contribution is 2.23. The van der Waals surface area contributed by atoms with Gasteiger partial charge in [0, 0.05) is 24.6 Å². The van der Waals surface area contributed by atoms with Crippen LogP contribution in [0.1, 0.15) is 48.7 Å². The number of para-hydroxylation sites is 1. The molecule has 4 heteroatoms. The fourth-order valence-corrected chi connectivity index (χ4v) is 2.52. The van der Waals surface area contributed by atoms with E-state index in [0.29, 0.717) is 5.56 Å². The summed E-state index contributed by atoms with van der Waals surface area (Å²) in [5, 5.41) is 6.33. The van der Waals surface area contributed by atoms with Gasteiger partial charge in [-0.2, -0.15) is 0 Å². The summed E-state index contributed by atoms with van der Waals surface area (Å²) in [5.41, 5.74) is 4.70.